The smallest absolute Gasteiger partial charge is 0.266 e. The first-order valence-electron chi connectivity index (χ1n) is 10.4. The molecule has 3 aromatic rings. The molecule has 0 bridgehead atoms. The maximum absolute atomic E-state index is 12.7. The van der Waals surface area contributed by atoms with Crippen molar-refractivity contribution in [3.63, 3.8) is 0 Å². The monoisotopic (exact) mass is 514 g/mol. The number of hydrogen-bond donors (Lipinski definition) is 1. The van der Waals surface area contributed by atoms with Crippen LogP contribution in [0.15, 0.2) is 66.2 Å². The lowest BCUT2D eigenvalue weighted by Gasteiger charge is -2.10. The van der Waals surface area contributed by atoms with Crippen LogP contribution >= 0.6 is 34.8 Å². The summed E-state index contributed by atoms with van der Waals surface area (Å²) < 4.78 is 11.4. The summed E-state index contributed by atoms with van der Waals surface area (Å²) in [5, 5.41) is 13.8. The number of rotatable bonds is 9. The van der Waals surface area contributed by atoms with E-state index in [4.69, 9.17) is 44.3 Å². The molecule has 0 saturated heterocycles. The number of carbonyl (C=O) groups is 1. The number of benzene rings is 3. The summed E-state index contributed by atoms with van der Waals surface area (Å²) in [6.07, 6.45) is 2.28. The van der Waals surface area contributed by atoms with Crippen LogP contribution in [0, 0.1) is 11.3 Å². The van der Waals surface area contributed by atoms with Crippen LogP contribution in [0.1, 0.15) is 24.5 Å². The second-order valence-corrected chi connectivity index (χ2v) is 8.48. The van der Waals surface area contributed by atoms with Crippen LogP contribution in [0.4, 0.5) is 5.69 Å². The molecule has 0 aliphatic carbocycles. The Morgan fingerprint density at radius 3 is 2.38 bits per heavy atom. The zero-order valence-electron chi connectivity index (χ0n) is 18.3. The van der Waals surface area contributed by atoms with Crippen LogP contribution in [0.2, 0.25) is 15.1 Å². The van der Waals surface area contributed by atoms with Gasteiger partial charge in [0.25, 0.3) is 5.91 Å². The molecule has 1 amide bonds. The Morgan fingerprint density at radius 2 is 1.71 bits per heavy atom. The standard InChI is InChI=1S/C26H21Cl3N2O3/c1-2-11-33-25-10-5-20(27)13-18(25)12-19(15-30)26(32)31-22-6-8-23(9-7-22)34-16-17-3-4-21(28)14-24(17)29/h3-10,12-14H,2,11,16H2,1H3,(H,31,32)/b19-12+. The number of nitrogens with one attached hydrogen (secondary N) is 1. The van der Waals surface area contributed by atoms with E-state index in [0.29, 0.717) is 44.4 Å². The first-order valence-corrected chi connectivity index (χ1v) is 11.5. The van der Waals surface area contributed by atoms with Gasteiger partial charge in [0.15, 0.2) is 0 Å². The number of hydrogen-bond acceptors (Lipinski definition) is 4. The molecule has 0 atom stereocenters. The highest BCUT2D eigenvalue weighted by molar-refractivity contribution is 6.35. The molecule has 5 nitrogen and oxygen atoms in total. The summed E-state index contributed by atoms with van der Waals surface area (Å²) in [4.78, 5) is 12.7. The summed E-state index contributed by atoms with van der Waals surface area (Å²) in [6.45, 7) is 2.77. The highest BCUT2D eigenvalue weighted by Gasteiger charge is 2.12. The van der Waals surface area contributed by atoms with Crippen molar-refractivity contribution >= 4 is 52.5 Å². The maximum atomic E-state index is 12.7. The fraction of sp³-hybridized carbons (Fsp3) is 0.154. The van der Waals surface area contributed by atoms with E-state index in [2.05, 4.69) is 5.32 Å². The first kappa shape index (κ1) is 25.5. The van der Waals surface area contributed by atoms with Gasteiger partial charge in [0.2, 0.25) is 0 Å². The van der Waals surface area contributed by atoms with Crippen molar-refractivity contribution in [3.8, 4) is 17.6 Å². The number of anilines is 1. The lowest BCUT2D eigenvalue weighted by atomic mass is 10.1. The van der Waals surface area contributed by atoms with Crippen LogP contribution in [0.25, 0.3) is 6.08 Å². The quantitative estimate of drug-likeness (QED) is 0.236. The molecule has 8 heteroatoms. The van der Waals surface area contributed by atoms with Crippen molar-refractivity contribution in [2.24, 2.45) is 0 Å². The minimum absolute atomic E-state index is 0.0821. The van der Waals surface area contributed by atoms with E-state index in [1.165, 1.54) is 6.08 Å². The van der Waals surface area contributed by atoms with Crippen molar-refractivity contribution in [2.75, 3.05) is 11.9 Å². The second-order valence-electron chi connectivity index (χ2n) is 7.20. The zero-order valence-corrected chi connectivity index (χ0v) is 20.5. The maximum Gasteiger partial charge on any atom is 0.266 e. The molecule has 0 aromatic heterocycles. The van der Waals surface area contributed by atoms with Crippen molar-refractivity contribution < 1.29 is 14.3 Å². The van der Waals surface area contributed by atoms with Crippen LogP contribution in [-0.2, 0) is 11.4 Å². The van der Waals surface area contributed by atoms with Gasteiger partial charge in [0, 0.05) is 31.9 Å². The number of nitriles is 1. The molecule has 0 fully saturated rings. The normalized spacial score (nSPS) is 11.0. The van der Waals surface area contributed by atoms with Crippen molar-refractivity contribution in [3.05, 3.63) is 92.4 Å². The summed E-state index contributed by atoms with van der Waals surface area (Å²) in [5.74, 6) is 0.594. The van der Waals surface area contributed by atoms with Crippen molar-refractivity contribution in [1.29, 1.82) is 5.26 Å². The summed E-state index contributed by atoms with van der Waals surface area (Å²) in [5.41, 5.74) is 1.78. The van der Waals surface area contributed by atoms with Crippen LogP contribution in [0.5, 0.6) is 11.5 Å². The number of ether oxygens (including phenoxy) is 2. The molecule has 0 radical (unpaired) electrons. The van der Waals surface area contributed by atoms with E-state index in [9.17, 15) is 10.1 Å². The summed E-state index contributed by atoms with van der Waals surface area (Å²) >= 11 is 18.2. The van der Waals surface area contributed by atoms with E-state index in [0.717, 1.165) is 12.0 Å². The highest BCUT2D eigenvalue weighted by atomic mass is 35.5. The second kappa shape index (κ2) is 12.3. The lowest BCUT2D eigenvalue weighted by Crippen LogP contribution is -2.13. The first-order chi connectivity index (χ1) is 16.4. The molecule has 174 valence electrons. The Hall–Kier alpha value is -3.17. The SMILES string of the molecule is CCCOc1ccc(Cl)cc1/C=C(\C#N)C(=O)Nc1ccc(OCc2ccc(Cl)cc2Cl)cc1. The molecule has 0 aliphatic rings. The third kappa shape index (κ3) is 7.16. The van der Waals surface area contributed by atoms with Crippen LogP contribution in [-0.4, -0.2) is 12.5 Å². The summed E-state index contributed by atoms with van der Waals surface area (Å²) in [6, 6.07) is 19.0. The van der Waals surface area contributed by atoms with Gasteiger partial charge in [0.1, 0.15) is 29.7 Å². The zero-order chi connectivity index (χ0) is 24.5. The third-order valence-corrected chi connectivity index (χ3v) is 5.44. The van der Waals surface area contributed by atoms with E-state index in [-0.39, 0.29) is 12.2 Å². The Bertz CT molecular complexity index is 1240. The Kier molecular flexibility index (Phi) is 9.24. The van der Waals surface area contributed by atoms with Gasteiger partial charge in [-0.05, 0) is 67.1 Å². The predicted molar refractivity (Wildman–Crippen MR) is 137 cm³/mol. The van der Waals surface area contributed by atoms with Gasteiger partial charge in [-0.2, -0.15) is 5.26 Å². The number of amides is 1. The minimum Gasteiger partial charge on any atom is -0.493 e. The fourth-order valence-electron chi connectivity index (χ4n) is 2.91. The van der Waals surface area contributed by atoms with Crippen LogP contribution < -0.4 is 14.8 Å². The van der Waals surface area contributed by atoms with Crippen molar-refractivity contribution in [2.45, 2.75) is 20.0 Å². The molecular formula is C26H21Cl3N2O3. The van der Waals surface area contributed by atoms with E-state index >= 15 is 0 Å². The molecule has 0 aliphatic heterocycles. The van der Waals surface area contributed by atoms with Gasteiger partial charge in [-0.1, -0.05) is 47.8 Å². The van der Waals surface area contributed by atoms with E-state index in [1.54, 1.807) is 60.7 Å². The molecule has 0 heterocycles. The number of carbonyl (C=O) groups excluding carboxylic acids is 1. The molecule has 3 aromatic carbocycles. The van der Waals surface area contributed by atoms with Gasteiger partial charge < -0.3 is 14.8 Å². The Morgan fingerprint density at radius 1 is 1.00 bits per heavy atom. The third-order valence-electron chi connectivity index (χ3n) is 4.62. The van der Waals surface area contributed by atoms with E-state index < -0.39 is 5.91 Å². The average Bonchev–Trinajstić information content (AvgIpc) is 2.82. The fourth-order valence-corrected chi connectivity index (χ4v) is 3.56. The Balaban J connectivity index is 1.67. The van der Waals surface area contributed by atoms with Gasteiger partial charge in [-0.25, -0.2) is 0 Å². The minimum atomic E-state index is -0.550. The molecule has 0 saturated carbocycles. The summed E-state index contributed by atoms with van der Waals surface area (Å²) in [7, 11) is 0. The molecular weight excluding hydrogens is 495 g/mol. The van der Waals surface area contributed by atoms with Crippen molar-refractivity contribution in [1.82, 2.24) is 0 Å². The van der Waals surface area contributed by atoms with E-state index in [1.807, 2.05) is 13.0 Å². The predicted octanol–water partition coefficient (Wildman–Crippen LogP) is 7.56. The molecule has 3 rings (SSSR count). The highest BCUT2D eigenvalue weighted by Crippen LogP contribution is 2.26. The molecule has 1 N–H and O–H groups in total. The van der Waals surface area contributed by atoms with Gasteiger partial charge in [-0.15, -0.1) is 0 Å². The number of halogens is 3. The Labute approximate surface area is 213 Å². The number of nitrogens with zero attached hydrogens (tertiary/aromatic N) is 1. The molecule has 0 spiro atoms. The largest absolute Gasteiger partial charge is 0.493 e. The average molecular weight is 516 g/mol. The van der Waals surface area contributed by atoms with Gasteiger partial charge in [-0.3, -0.25) is 4.79 Å². The lowest BCUT2D eigenvalue weighted by molar-refractivity contribution is -0.112. The molecule has 34 heavy (non-hydrogen) atoms. The van der Waals surface area contributed by atoms with Gasteiger partial charge in [0.05, 0.1) is 6.61 Å². The van der Waals surface area contributed by atoms with Gasteiger partial charge >= 0.3 is 0 Å². The molecule has 0 unspecified atom stereocenters. The van der Waals surface area contributed by atoms with Crippen LogP contribution in [0.3, 0.4) is 0 Å². The topological polar surface area (TPSA) is 71.3 Å².